The lowest BCUT2D eigenvalue weighted by Crippen LogP contribution is -1.97. The predicted octanol–water partition coefficient (Wildman–Crippen LogP) is 3.93. The zero-order valence-corrected chi connectivity index (χ0v) is 11.8. The number of nitrogens with zero attached hydrogens (tertiary/aromatic N) is 3. The minimum atomic E-state index is 0.798. The van der Waals surface area contributed by atoms with Gasteiger partial charge in [0.15, 0.2) is 0 Å². The Hall–Kier alpha value is -3.07. The molecule has 104 valence electrons. The van der Waals surface area contributed by atoms with Crippen molar-refractivity contribution in [2.24, 2.45) is 10.2 Å². The molecular formula is C19H13N3. The van der Waals surface area contributed by atoms with E-state index >= 15 is 0 Å². The van der Waals surface area contributed by atoms with Gasteiger partial charge in [0.2, 0.25) is 0 Å². The summed E-state index contributed by atoms with van der Waals surface area (Å²) < 4.78 is 0. The third-order valence-corrected chi connectivity index (χ3v) is 3.69. The van der Waals surface area contributed by atoms with E-state index in [-0.39, 0.29) is 0 Å². The molecule has 4 rings (SSSR count). The minimum Gasteiger partial charge on any atom is -0.255 e. The van der Waals surface area contributed by atoms with Gasteiger partial charge in [-0.2, -0.15) is 5.10 Å². The third kappa shape index (κ3) is 2.13. The molecule has 1 heterocycles. The molecule has 0 unspecified atom stereocenters. The van der Waals surface area contributed by atoms with Crippen LogP contribution in [0, 0.1) is 0 Å². The van der Waals surface area contributed by atoms with E-state index in [2.05, 4.69) is 51.6 Å². The van der Waals surface area contributed by atoms with Crippen LogP contribution in [0.2, 0.25) is 0 Å². The summed E-state index contributed by atoms with van der Waals surface area (Å²) in [7, 11) is 0. The summed E-state index contributed by atoms with van der Waals surface area (Å²) in [5, 5.41) is 8.67. The molecule has 0 bridgehead atoms. The molecule has 0 amide bonds. The van der Waals surface area contributed by atoms with Gasteiger partial charge in [-0.3, -0.25) is 4.98 Å². The van der Waals surface area contributed by atoms with Crippen LogP contribution < -0.4 is 0 Å². The highest BCUT2D eigenvalue weighted by atomic mass is 15.2. The van der Waals surface area contributed by atoms with Gasteiger partial charge in [0.1, 0.15) is 5.71 Å². The summed E-state index contributed by atoms with van der Waals surface area (Å²) in [6.07, 6.45) is 3.42. The van der Waals surface area contributed by atoms with E-state index in [1.54, 1.807) is 12.4 Å². The van der Waals surface area contributed by atoms with Gasteiger partial charge in [0.25, 0.3) is 0 Å². The Kier molecular flexibility index (Phi) is 3.09. The SMILES string of the molecule is C(=N/N=C1c2ccccc2-c2ccccc21)/c1ccccn1. The van der Waals surface area contributed by atoms with E-state index in [1.165, 1.54) is 11.1 Å². The molecule has 0 aliphatic heterocycles. The molecule has 1 aromatic heterocycles. The molecule has 2 aromatic carbocycles. The van der Waals surface area contributed by atoms with Crippen molar-refractivity contribution in [3.05, 3.63) is 89.7 Å². The number of benzene rings is 2. The van der Waals surface area contributed by atoms with Gasteiger partial charge in [-0.1, -0.05) is 54.6 Å². The van der Waals surface area contributed by atoms with Crippen LogP contribution in [0.4, 0.5) is 0 Å². The topological polar surface area (TPSA) is 37.6 Å². The Morgan fingerprint density at radius 2 is 1.27 bits per heavy atom. The molecule has 0 atom stereocenters. The number of hydrogen-bond donors (Lipinski definition) is 0. The van der Waals surface area contributed by atoms with Crippen LogP contribution in [-0.4, -0.2) is 16.9 Å². The van der Waals surface area contributed by atoms with Gasteiger partial charge in [-0.15, -0.1) is 5.10 Å². The van der Waals surface area contributed by atoms with Crippen molar-refractivity contribution in [3.8, 4) is 11.1 Å². The summed E-state index contributed by atoms with van der Waals surface area (Å²) in [4.78, 5) is 4.21. The molecule has 3 heteroatoms. The molecule has 0 radical (unpaired) electrons. The number of fused-ring (bicyclic) bond motifs is 3. The molecule has 3 nitrogen and oxygen atoms in total. The number of pyridine rings is 1. The molecule has 1 aliphatic carbocycles. The lowest BCUT2D eigenvalue weighted by atomic mass is 10.1. The maximum absolute atomic E-state index is 4.45. The van der Waals surface area contributed by atoms with Gasteiger partial charge in [-0.05, 0) is 23.3 Å². The Balaban J connectivity index is 1.78. The number of rotatable bonds is 2. The second kappa shape index (κ2) is 5.37. The van der Waals surface area contributed by atoms with Crippen LogP contribution >= 0.6 is 0 Å². The van der Waals surface area contributed by atoms with Crippen LogP contribution in [0.15, 0.2) is 83.1 Å². The van der Waals surface area contributed by atoms with E-state index in [9.17, 15) is 0 Å². The first-order valence-corrected chi connectivity index (χ1v) is 7.15. The summed E-state index contributed by atoms with van der Waals surface area (Å²) in [5.41, 5.74) is 6.39. The first-order valence-electron chi connectivity index (χ1n) is 7.15. The highest BCUT2D eigenvalue weighted by Crippen LogP contribution is 2.36. The maximum Gasteiger partial charge on any atom is 0.101 e. The van der Waals surface area contributed by atoms with Gasteiger partial charge in [0, 0.05) is 17.3 Å². The van der Waals surface area contributed by atoms with Crippen LogP contribution in [0.1, 0.15) is 16.8 Å². The fourth-order valence-corrected chi connectivity index (χ4v) is 2.70. The van der Waals surface area contributed by atoms with Crippen molar-refractivity contribution < 1.29 is 0 Å². The Morgan fingerprint density at radius 3 is 1.86 bits per heavy atom. The maximum atomic E-state index is 4.45. The zero-order chi connectivity index (χ0) is 14.8. The third-order valence-electron chi connectivity index (χ3n) is 3.69. The highest BCUT2D eigenvalue weighted by Gasteiger charge is 2.23. The molecular weight excluding hydrogens is 270 g/mol. The van der Waals surface area contributed by atoms with Crippen molar-refractivity contribution in [2.75, 3.05) is 0 Å². The predicted molar refractivity (Wildman–Crippen MR) is 89.3 cm³/mol. The fourth-order valence-electron chi connectivity index (χ4n) is 2.70. The molecule has 0 fully saturated rings. The second-order valence-corrected chi connectivity index (χ2v) is 5.04. The summed E-state index contributed by atoms with van der Waals surface area (Å²) >= 11 is 0. The first-order chi connectivity index (χ1) is 10.9. The molecule has 0 saturated heterocycles. The summed E-state index contributed by atoms with van der Waals surface area (Å²) in [5.74, 6) is 0. The van der Waals surface area contributed by atoms with Gasteiger partial charge in [0.05, 0.1) is 11.9 Å². The smallest absolute Gasteiger partial charge is 0.101 e. The summed E-state index contributed by atoms with van der Waals surface area (Å²) in [6, 6.07) is 22.3. The number of hydrogen-bond acceptors (Lipinski definition) is 3. The second-order valence-electron chi connectivity index (χ2n) is 5.04. The van der Waals surface area contributed by atoms with Gasteiger partial charge in [-0.25, -0.2) is 0 Å². The van der Waals surface area contributed by atoms with Gasteiger partial charge >= 0.3 is 0 Å². The average Bonchev–Trinajstić information content (AvgIpc) is 2.91. The molecule has 0 spiro atoms. The van der Waals surface area contributed by atoms with E-state index in [0.717, 1.165) is 22.5 Å². The zero-order valence-electron chi connectivity index (χ0n) is 11.8. The van der Waals surface area contributed by atoms with Crippen LogP contribution in [0.25, 0.3) is 11.1 Å². The van der Waals surface area contributed by atoms with E-state index in [1.807, 2.05) is 30.3 Å². The molecule has 0 N–H and O–H groups in total. The van der Waals surface area contributed by atoms with Crippen LogP contribution in [-0.2, 0) is 0 Å². The Labute approximate surface area is 128 Å². The van der Waals surface area contributed by atoms with Crippen LogP contribution in [0.5, 0.6) is 0 Å². The average molecular weight is 283 g/mol. The molecule has 1 aliphatic rings. The minimum absolute atomic E-state index is 0.798. The fraction of sp³-hybridized carbons (Fsp3) is 0. The lowest BCUT2D eigenvalue weighted by molar-refractivity contribution is 1.23. The van der Waals surface area contributed by atoms with E-state index in [4.69, 9.17) is 0 Å². The van der Waals surface area contributed by atoms with Crippen molar-refractivity contribution in [2.45, 2.75) is 0 Å². The quantitative estimate of drug-likeness (QED) is 0.405. The largest absolute Gasteiger partial charge is 0.255 e. The van der Waals surface area contributed by atoms with Crippen LogP contribution in [0.3, 0.4) is 0 Å². The lowest BCUT2D eigenvalue weighted by Gasteiger charge is -1.98. The normalized spacial score (nSPS) is 12.3. The Bertz CT molecular complexity index is 832. The van der Waals surface area contributed by atoms with Crippen molar-refractivity contribution >= 4 is 11.9 Å². The van der Waals surface area contributed by atoms with Crippen molar-refractivity contribution in [1.29, 1.82) is 0 Å². The van der Waals surface area contributed by atoms with Crippen molar-refractivity contribution in [3.63, 3.8) is 0 Å². The highest BCUT2D eigenvalue weighted by molar-refractivity contribution is 6.24. The van der Waals surface area contributed by atoms with Gasteiger partial charge < -0.3 is 0 Å². The van der Waals surface area contributed by atoms with E-state index < -0.39 is 0 Å². The molecule has 3 aromatic rings. The molecule has 0 saturated carbocycles. The monoisotopic (exact) mass is 283 g/mol. The van der Waals surface area contributed by atoms with E-state index in [0.29, 0.717) is 0 Å². The molecule has 22 heavy (non-hydrogen) atoms. The number of aromatic nitrogens is 1. The standard InChI is InChI=1S/C19H13N3/c1-3-10-17-15(8-1)16-9-2-4-11-18(16)19(17)22-21-13-14-7-5-6-12-20-14/h1-13H/b21-13-. The summed E-state index contributed by atoms with van der Waals surface area (Å²) in [6.45, 7) is 0. The Morgan fingerprint density at radius 1 is 0.682 bits per heavy atom. The van der Waals surface area contributed by atoms with Crippen molar-refractivity contribution in [1.82, 2.24) is 4.98 Å². The first kappa shape index (κ1) is 12.7.